The fraction of sp³-hybridized carbons (Fsp3) is 0.357. The molecule has 0 saturated heterocycles. The normalized spacial score (nSPS) is 13.0. The molecule has 4 heteroatoms. The summed E-state index contributed by atoms with van der Waals surface area (Å²) in [5.74, 6) is -0.250. The van der Waals surface area contributed by atoms with Crippen LogP contribution in [-0.4, -0.2) is 9.78 Å². The first-order chi connectivity index (χ1) is 8.50. The summed E-state index contributed by atoms with van der Waals surface area (Å²) in [6.45, 7) is 5.99. The molecule has 2 rings (SSSR count). The minimum absolute atomic E-state index is 0.129. The summed E-state index contributed by atoms with van der Waals surface area (Å²) in [6.07, 6.45) is 1.77. The van der Waals surface area contributed by atoms with Gasteiger partial charge in [0.15, 0.2) is 0 Å². The topological polar surface area (TPSA) is 43.8 Å². The lowest BCUT2D eigenvalue weighted by molar-refractivity contribution is 0.537. The van der Waals surface area contributed by atoms with Crippen molar-refractivity contribution in [1.82, 2.24) is 9.78 Å². The first kappa shape index (κ1) is 12.8. The van der Waals surface area contributed by atoms with E-state index in [1.54, 1.807) is 12.3 Å². The first-order valence-corrected chi connectivity index (χ1v) is 6.09. The van der Waals surface area contributed by atoms with Gasteiger partial charge in [0.25, 0.3) is 0 Å². The van der Waals surface area contributed by atoms with Crippen LogP contribution in [0.4, 0.5) is 4.39 Å². The lowest BCUT2D eigenvalue weighted by Crippen LogP contribution is -2.09. The second kappa shape index (κ2) is 4.90. The molecule has 18 heavy (non-hydrogen) atoms. The second-order valence-corrected chi connectivity index (χ2v) is 4.79. The third-order valence-corrected chi connectivity index (χ3v) is 2.90. The number of hydrogen-bond donors (Lipinski definition) is 1. The Balaban J connectivity index is 2.63. The molecule has 0 amide bonds. The summed E-state index contributed by atoms with van der Waals surface area (Å²) in [6, 6.07) is 6.61. The van der Waals surface area contributed by atoms with Crippen LogP contribution in [0.5, 0.6) is 0 Å². The zero-order valence-corrected chi connectivity index (χ0v) is 10.9. The molecule has 3 nitrogen and oxygen atoms in total. The number of nitrogens with two attached hydrogens (primary N) is 1. The third-order valence-electron chi connectivity index (χ3n) is 2.90. The van der Waals surface area contributed by atoms with Crippen LogP contribution in [0.1, 0.15) is 38.4 Å². The molecular weight excluding hydrogens is 229 g/mol. The van der Waals surface area contributed by atoms with Crippen LogP contribution in [0.3, 0.4) is 0 Å². The minimum Gasteiger partial charge on any atom is -0.324 e. The number of benzene rings is 1. The van der Waals surface area contributed by atoms with E-state index in [0.29, 0.717) is 0 Å². The van der Waals surface area contributed by atoms with Gasteiger partial charge in [0.1, 0.15) is 5.82 Å². The van der Waals surface area contributed by atoms with Crippen LogP contribution in [0.25, 0.3) is 11.3 Å². The molecule has 0 aliphatic carbocycles. The molecule has 2 aromatic rings. The zero-order valence-electron chi connectivity index (χ0n) is 10.9. The summed E-state index contributed by atoms with van der Waals surface area (Å²) < 4.78 is 15.2. The highest BCUT2D eigenvalue weighted by Gasteiger charge is 2.17. The highest BCUT2D eigenvalue weighted by atomic mass is 19.1. The van der Waals surface area contributed by atoms with Crippen molar-refractivity contribution >= 4 is 0 Å². The van der Waals surface area contributed by atoms with Gasteiger partial charge in [-0.3, -0.25) is 4.68 Å². The molecule has 0 aliphatic rings. The van der Waals surface area contributed by atoms with Gasteiger partial charge in [0, 0.05) is 23.2 Å². The maximum absolute atomic E-state index is 13.4. The molecule has 0 fully saturated rings. The van der Waals surface area contributed by atoms with Crippen LogP contribution in [0.2, 0.25) is 0 Å². The Bertz CT molecular complexity index is 518. The zero-order chi connectivity index (χ0) is 13.3. The number of hydrogen-bond acceptors (Lipinski definition) is 2. The van der Waals surface area contributed by atoms with E-state index in [1.165, 1.54) is 12.1 Å². The van der Waals surface area contributed by atoms with Gasteiger partial charge in [-0.1, -0.05) is 12.1 Å². The smallest absolute Gasteiger partial charge is 0.123 e. The maximum Gasteiger partial charge on any atom is 0.123 e. The molecule has 0 saturated carbocycles. The summed E-state index contributed by atoms with van der Waals surface area (Å²) in [7, 11) is 0. The Morgan fingerprint density at radius 3 is 2.56 bits per heavy atom. The van der Waals surface area contributed by atoms with Crippen molar-refractivity contribution in [2.24, 2.45) is 5.73 Å². The van der Waals surface area contributed by atoms with Crippen LogP contribution in [0.15, 0.2) is 30.5 Å². The summed E-state index contributed by atoms with van der Waals surface area (Å²) in [4.78, 5) is 0. The van der Waals surface area contributed by atoms with Gasteiger partial charge < -0.3 is 5.73 Å². The lowest BCUT2D eigenvalue weighted by atomic mass is 10.0. The van der Waals surface area contributed by atoms with Crippen LogP contribution >= 0.6 is 0 Å². The highest BCUT2D eigenvalue weighted by Crippen LogP contribution is 2.29. The number of aromatic nitrogens is 2. The fourth-order valence-corrected chi connectivity index (χ4v) is 2.04. The van der Waals surface area contributed by atoms with E-state index in [4.69, 9.17) is 5.73 Å². The summed E-state index contributed by atoms with van der Waals surface area (Å²) in [5.41, 5.74) is 8.61. The van der Waals surface area contributed by atoms with E-state index < -0.39 is 0 Å². The number of rotatable bonds is 3. The predicted molar refractivity (Wildman–Crippen MR) is 70.6 cm³/mol. The Morgan fingerprint density at radius 1 is 1.28 bits per heavy atom. The van der Waals surface area contributed by atoms with Crippen molar-refractivity contribution in [3.05, 3.63) is 41.8 Å². The molecule has 1 aromatic carbocycles. The molecule has 0 aliphatic heterocycles. The van der Waals surface area contributed by atoms with E-state index >= 15 is 0 Å². The van der Waals surface area contributed by atoms with E-state index in [0.717, 1.165) is 16.8 Å². The van der Waals surface area contributed by atoms with Crippen LogP contribution in [-0.2, 0) is 0 Å². The van der Waals surface area contributed by atoms with Gasteiger partial charge in [-0.25, -0.2) is 4.39 Å². The second-order valence-electron chi connectivity index (χ2n) is 4.79. The van der Waals surface area contributed by atoms with Crippen molar-refractivity contribution < 1.29 is 4.39 Å². The molecule has 2 N–H and O–H groups in total. The van der Waals surface area contributed by atoms with Gasteiger partial charge in [0.2, 0.25) is 0 Å². The Morgan fingerprint density at radius 2 is 2.00 bits per heavy atom. The van der Waals surface area contributed by atoms with Gasteiger partial charge in [-0.15, -0.1) is 0 Å². The van der Waals surface area contributed by atoms with Crippen LogP contribution < -0.4 is 5.73 Å². The molecule has 0 bridgehead atoms. The minimum atomic E-state index is -0.250. The predicted octanol–water partition coefficient (Wildman–Crippen LogP) is 3.29. The first-order valence-electron chi connectivity index (χ1n) is 6.09. The summed E-state index contributed by atoms with van der Waals surface area (Å²) >= 11 is 0. The molecule has 1 heterocycles. The van der Waals surface area contributed by atoms with Crippen molar-refractivity contribution in [1.29, 1.82) is 0 Å². The fourth-order valence-electron chi connectivity index (χ4n) is 2.04. The van der Waals surface area contributed by atoms with Crippen molar-refractivity contribution in [2.75, 3.05) is 0 Å². The standard InChI is InChI=1S/C14H18FN3/c1-9(2)18-14(13(8-17-18)10(3)16)11-5-4-6-12(15)7-11/h4-10H,16H2,1-3H3. The molecule has 1 aromatic heterocycles. The number of nitrogens with zero attached hydrogens (tertiary/aromatic N) is 2. The van der Waals surface area contributed by atoms with Crippen molar-refractivity contribution in [3.8, 4) is 11.3 Å². The van der Waals surface area contributed by atoms with Crippen LogP contribution in [0, 0.1) is 5.82 Å². The van der Waals surface area contributed by atoms with E-state index in [1.807, 2.05) is 31.5 Å². The quantitative estimate of drug-likeness (QED) is 0.904. The lowest BCUT2D eigenvalue weighted by Gasteiger charge is -2.14. The molecule has 0 spiro atoms. The third kappa shape index (κ3) is 2.29. The monoisotopic (exact) mass is 247 g/mol. The SMILES string of the molecule is CC(N)c1cnn(C(C)C)c1-c1cccc(F)c1. The van der Waals surface area contributed by atoms with E-state index in [9.17, 15) is 4.39 Å². The highest BCUT2D eigenvalue weighted by molar-refractivity contribution is 5.64. The van der Waals surface area contributed by atoms with E-state index in [-0.39, 0.29) is 17.9 Å². The van der Waals surface area contributed by atoms with Gasteiger partial charge in [-0.2, -0.15) is 5.10 Å². The molecular formula is C14H18FN3. The Kier molecular flexibility index (Phi) is 3.48. The maximum atomic E-state index is 13.4. The largest absolute Gasteiger partial charge is 0.324 e. The van der Waals surface area contributed by atoms with Gasteiger partial charge in [0.05, 0.1) is 11.9 Å². The number of halogens is 1. The molecule has 1 atom stereocenters. The summed E-state index contributed by atoms with van der Waals surface area (Å²) in [5, 5.41) is 4.36. The molecule has 96 valence electrons. The van der Waals surface area contributed by atoms with E-state index in [2.05, 4.69) is 5.10 Å². The molecule has 0 radical (unpaired) electrons. The average Bonchev–Trinajstić information content (AvgIpc) is 2.73. The van der Waals surface area contributed by atoms with Crippen molar-refractivity contribution in [2.45, 2.75) is 32.9 Å². The average molecular weight is 247 g/mol. The van der Waals surface area contributed by atoms with Gasteiger partial charge in [-0.05, 0) is 32.9 Å². The Labute approximate surface area is 106 Å². The van der Waals surface area contributed by atoms with Crippen molar-refractivity contribution in [3.63, 3.8) is 0 Å². The van der Waals surface area contributed by atoms with Gasteiger partial charge >= 0.3 is 0 Å². The molecule has 1 unspecified atom stereocenters. The Hall–Kier alpha value is -1.68.